The predicted octanol–water partition coefficient (Wildman–Crippen LogP) is 3.47. The Morgan fingerprint density at radius 3 is 2.57 bits per heavy atom. The van der Waals surface area contributed by atoms with Gasteiger partial charge in [-0.3, -0.25) is 9.69 Å². The third-order valence-corrected chi connectivity index (χ3v) is 5.39. The topological polar surface area (TPSA) is 50.8 Å². The van der Waals surface area contributed by atoms with Crippen LogP contribution in [0.5, 0.6) is 5.75 Å². The first kappa shape index (κ1) is 20.6. The zero-order chi connectivity index (χ0) is 19.8. The van der Waals surface area contributed by atoms with Gasteiger partial charge < -0.3 is 14.8 Å². The number of nitrogens with zero attached hydrogens (tertiary/aromatic N) is 1. The molecule has 1 fully saturated rings. The van der Waals surface area contributed by atoms with Crippen molar-refractivity contribution in [3.8, 4) is 5.75 Å². The number of nitrogens with one attached hydrogen (secondary N) is 1. The maximum atomic E-state index is 12.4. The van der Waals surface area contributed by atoms with Gasteiger partial charge in [0.2, 0.25) is 5.91 Å². The van der Waals surface area contributed by atoms with Crippen molar-refractivity contribution >= 4 is 17.5 Å². The molecule has 5 nitrogen and oxygen atoms in total. The fourth-order valence-corrected chi connectivity index (χ4v) is 3.68. The molecule has 0 aliphatic carbocycles. The van der Waals surface area contributed by atoms with Gasteiger partial charge in [0.15, 0.2) is 0 Å². The molecule has 2 aromatic carbocycles. The van der Waals surface area contributed by atoms with E-state index in [-0.39, 0.29) is 11.9 Å². The van der Waals surface area contributed by atoms with Crippen molar-refractivity contribution in [2.24, 2.45) is 0 Å². The highest BCUT2D eigenvalue weighted by atomic mass is 35.5. The quantitative estimate of drug-likeness (QED) is 0.734. The molecule has 0 saturated carbocycles. The maximum absolute atomic E-state index is 12.4. The number of benzene rings is 2. The lowest BCUT2D eigenvalue weighted by molar-refractivity contribution is -0.121. The predicted molar refractivity (Wildman–Crippen MR) is 111 cm³/mol. The van der Waals surface area contributed by atoms with Crippen LogP contribution in [-0.2, 0) is 16.0 Å². The van der Waals surface area contributed by atoms with E-state index in [2.05, 4.69) is 10.2 Å². The van der Waals surface area contributed by atoms with Crippen LogP contribution in [-0.4, -0.2) is 50.8 Å². The maximum Gasteiger partial charge on any atom is 0.220 e. The molecule has 0 radical (unpaired) electrons. The summed E-state index contributed by atoms with van der Waals surface area (Å²) in [4.78, 5) is 14.8. The minimum absolute atomic E-state index is 0.0427. The molecule has 1 aliphatic rings. The van der Waals surface area contributed by atoms with Gasteiger partial charge in [-0.2, -0.15) is 0 Å². The molecule has 3 rings (SSSR count). The van der Waals surface area contributed by atoms with Crippen LogP contribution < -0.4 is 10.1 Å². The molecular weight excluding hydrogens is 376 g/mol. The first-order chi connectivity index (χ1) is 13.7. The van der Waals surface area contributed by atoms with Gasteiger partial charge >= 0.3 is 0 Å². The Balaban J connectivity index is 1.57. The second-order valence-electron chi connectivity index (χ2n) is 6.84. The van der Waals surface area contributed by atoms with E-state index < -0.39 is 0 Å². The van der Waals surface area contributed by atoms with Crippen molar-refractivity contribution in [1.29, 1.82) is 0 Å². The van der Waals surface area contributed by atoms with E-state index in [0.29, 0.717) is 32.6 Å². The third-order valence-electron chi connectivity index (χ3n) is 5.04. The molecule has 1 amide bonds. The molecule has 1 unspecified atom stereocenters. The molecule has 1 saturated heterocycles. The number of rotatable bonds is 8. The van der Waals surface area contributed by atoms with Crippen LogP contribution in [0, 0.1) is 0 Å². The zero-order valence-electron chi connectivity index (χ0n) is 16.2. The smallest absolute Gasteiger partial charge is 0.220 e. The van der Waals surface area contributed by atoms with Gasteiger partial charge in [0.1, 0.15) is 5.75 Å². The van der Waals surface area contributed by atoms with Crippen LogP contribution in [0.1, 0.15) is 23.6 Å². The van der Waals surface area contributed by atoms with Crippen molar-refractivity contribution in [3.63, 3.8) is 0 Å². The second-order valence-corrected chi connectivity index (χ2v) is 7.25. The lowest BCUT2D eigenvalue weighted by Gasteiger charge is -2.35. The van der Waals surface area contributed by atoms with E-state index >= 15 is 0 Å². The van der Waals surface area contributed by atoms with Crippen LogP contribution in [0.25, 0.3) is 0 Å². The Kier molecular flexibility index (Phi) is 7.71. The fraction of sp³-hybridized carbons (Fsp3) is 0.409. The summed E-state index contributed by atoms with van der Waals surface area (Å²) in [6, 6.07) is 15.7. The summed E-state index contributed by atoms with van der Waals surface area (Å²) in [6.07, 6.45) is 1.15. The number of ether oxygens (including phenoxy) is 2. The monoisotopic (exact) mass is 402 g/mol. The van der Waals surface area contributed by atoms with Crippen molar-refractivity contribution in [2.75, 3.05) is 40.0 Å². The van der Waals surface area contributed by atoms with Gasteiger partial charge in [0.25, 0.3) is 0 Å². The SMILES string of the molecule is COc1ccc(CCC(=O)NCC(c2ccccc2Cl)N2CCOCC2)cc1. The minimum Gasteiger partial charge on any atom is -0.497 e. The summed E-state index contributed by atoms with van der Waals surface area (Å²) >= 11 is 6.44. The standard InChI is InChI=1S/C22H27ClN2O3/c1-27-18-9-6-17(7-10-18)8-11-22(26)24-16-21(25-12-14-28-15-13-25)19-4-2-3-5-20(19)23/h2-7,9-10,21H,8,11-16H2,1H3,(H,24,26). The Bertz CT molecular complexity index is 761. The molecule has 0 spiro atoms. The van der Waals surface area contributed by atoms with E-state index in [1.165, 1.54) is 0 Å². The van der Waals surface area contributed by atoms with Gasteiger partial charge in [-0.15, -0.1) is 0 Å². The summed E-state index contributed by atoms with van der Waals surface area (Å²) in [6.45, 7) is 3.60. The summed E-state index contributed by atoms with van der Waals surface area (Å²) in [5, 5.41) is 3.82. The molecule has 2 aromatic rings. The number of aryl methyl sites for hydroxylation is 1. The average Bonchev–Trinajstić information content (AvgIpc) is 2.74. The second kappa shape index (κ2) is 10.5. The third kappa shape index (κ3) is 5.71. The van der Waals surface area contributed by atoms with Gasteiger partial charge in [-0.05, 0) is 35.7 Å². The minimum atomic E-state index is 0.0427. The number of carbonyl (C=O) groups is 1. The molecule has 6 heteroatoms. The number of carbonyl (C=O) groups excluding carboxylic acids is 1. The Labute approximate surface area is 171 Å². The van der Waals surface area contributed by atoms with Gasteiger partial charge in [0, 0.05) is 31.1 Å². The van der Waals surface area contributed by atoms with Crippen LogP contribution in [0.15, 0.2) is 48.5 Å². The van der Waals surface area contributed by atoms with Crippen molar-refractivity contribution in [2.45, 2.75) is 18.9 Å². The molecule has 1 heterocycles. The number of amides is 1. The van der Waals surface area contributed by atoms with E-state index in [1.54, 1.807) is 7.11 Å². The molecule has 0 bridgehead atoms. The first-order valence-electron chi connectivity index (χ1n) is 9.63. The molecule has 0 aromatic heterocycles. The summed E-state index contributed by atoms with van der Waals surface area (Å²) in [5.41, 5.74) is 2.16. The lowest BCUT2D eigenvalue weighted by atomic mass is 10.0. The number of hydrogen-bond donors (Lipinski definition) is 1. The highest BCUT2D eigenvalue weighted by Crippen LogP contribution is 2.27. The van der Waals surface area contributed by atoms with Crippen molar-refractivity contribution < 1.29 is 14.3 Å². The van der Waals surface area contributed by atoms with Crippen molar-refractivity contribution in [3.05, 3.63) is 64.7 Å². The first-order valence-corrected chi connectivity index (χ1v) is 10.0. The molecule has 28 heavy (non-hydrogen) atoms. The van der Waals surface area contributed by atoms with Crippen LogP contribution in [0.4, 0.5) is 0 Å². The normalized spacial score (nSPS) is 15.8. The number of halogens is 1. The Morgan fingerprint density at radius 1 is 1.18 bits per heavy atom. The summed E-state index contributed by atoms with van der Waals surface area (Å²) < 4.78 is 10.6. The molecule has 1 atom stereocenters. The highest BCUT2D eigenvalue weighted by Gasteiger charge is 2.24. The van der Waals surface area contributed by atoms with Crippen LogP contribution in [0.3, 0.4) is 0 Å². The molecule has 1 aliphatic heterocycles. The number of methoxy groups -OCH3 is 1. The highest BCUT2D eigenvalue weighted by molar-refractivity contribution is 6.31. The van der Waals surface area contributed by atoms with Crippen LogP contribution >= 0.6 is 11.6 Å². The number of hydrogen-bond acceptors (Lipinski definition) is 4. The molecular formula is C22H27ClN2O3. The Hall–Kier alpha value is -2.08. The van der Waals surface area contributed by atoms with Gasteiger partial charge in [-0.1, -0.05) is 41.9 Å². The van der Waals surface area contributed by atoms with E-state index in [1.807, 2.05) is 48.5 Å². The van der Waals surface area contributed by atoms with E-state index in [0.717, 1.165) is 35.0 Å². The lowest BCUT2D eigenvalue weighted by Crippen LogP contribution is -2.44. The van der Waals surface area contributed by atoms with Crippen molar-refractivity contribution in [1.82, 2.24) is 10.2 Å². The zero-order valence-corrected chi connectivity index (χ0v) is 17.0. The fourth-order valence-electron chi connectivity index (χ4n) is 3.42. The van der Waals surface area contributed by atoms with Gasteiger partial charge in [-0.25, -0.2) is 0 Å². The molecule has 1 N–H and O–H groups in total. The largest absolute Gasteiger partial charge is 0.497 e. The number of morpholine rings is 1. The summed E-state index contributed by atoms with van der Waals surface area (Å²) in [7, 11) is 1.65. The van der Waals surface area contributed by atoms with Crippen LogP contribution in [0.2, 0.25) is 5.02 Å². The van der Waals surface area contributed by atoms with E-state index in [4.69, 9.17) is 21.1 Å². The van der Waals surface area contributed by atoms with Gasteiger partial charge in [0.05, 0.1) is 26.4 Å². The molecule has 150 valence electrons. The average molecular weight is 403 g/mol. The van der Waals surface area contributed by atoms with E-state index in [9.17, 15) is 4.79 Å². The Morgan fingerprint density at radius 2 is 1.89 bits per heavy atom. The summed E-state index contributed by atoms with van der Waals surface area (Å²) in [5.74, 6) is 0.863.